The Morgan fingerprint density at radius 1 is 1.26 bits per heavy atom. The third kappa shape index (κ3) is 3.35. The van der Waals surface area contributed by atoms with Crippen molar-refractivity contribution in [1.82, 2.24) is 4.90 Å². The smallest absolute Gasteiger partial charge is 0.239 e. The van der Waals surface area contributed by atoms with Crippen LogP contribution in [0.3, 0.4) is 0 Å². The van der Waals surface area contributed by atoms with E-state index in [-0.39, 0.29) is 16.9 Å². The van der Waals surface area contributed by atoms with Crippen molar-refractivity contribution in [3.63, 3.8) is 0 Å². The summed E-state index contributed by atoms with van der Waals surface area (Å²) in [6.07, 6.45) is 4.53. The number of nitro groups is 1. The molecule has 0 bridgehead atoms. The standard InChI is InChI=1S/C18H22N2O3/c1-2-14-12-16(15-6-4-3-5-7-15)18(20(21)22)17(13-14)19-8-10-23-11-9-19/h2-7,13,16-18H,1,8-12H2/t16-,17-,18-/m1/s1. The normalized spacial score (nSPS) is 28.9. The summed E-state index contributed by atoms with van der Waals surface area (Å²) in [5.41, 5.74) is 2.12. The molecule has 0 spiro atoms. The average Bonchev–Trinajstić information content (AvgIpc) is 2.62. The Morgan fingerprint density at radius 2 is 1.96 bits per heavy atom. The minimum atomic E-state index is -0.640. The molecule has 0 saturated carbocycles. The molecule has 1 aliphatic heterocycles. The molecule has 5 nitrogen and oxygen atoms in total. The number of allylic oxidation sites excluding steroid dienone is 2. The van der Waals surface area contributed by atoms with Crippen LogP contribution >= 0.6 is 0 Å². The SMILES string of the molecule is C=CC1=C[C@@H](N2CCOCC2)[C@H]([N+](=O)[O-])[C@@H](c2ccccc2)C1. The maximum Gasteiger partial charge on any atom is 0.239 e. The van der Waals surface area contributed by atoms with E-state index in [4.69, 9.17) is 4.74 Å². The van der Waals surface area contributed by atoms with Gasteiger partial charge in [-0.05, 0) is 17.6 Å². The van der Waals surface area contributed by atoms with Crippen molar-refractivity contribution < 1.29 is 9.66 Å². The molecule has 1 aliphatic carbocycles. The number of hydrogen-bond donors (Lipinski definition) is 0. The Hall–Kier alpha value is -1.98. The lowest BCUT2D eigenvalue weighted by molar-refractivity contribution is -0.533. The number of benzene rings is 1. The molecule has 2 aliphatic rings. The van der Waals surface area contributed by atoms with Gasteiger partial charge < -0.3 is 4.74 Å². The number of ether oxygens (including phenoxy) is 1. The van der Waals surface area contributed by atoms with Crippen LogP contribution in [-0.2, 0) is 4.74 Å². The van der Waals surface area contributed by atoms with Gasteiger partial charge in [-0.25, -0.2) is 0 Å². The van der Waals surface area contributed by atoms with Crippen LogP contribution < -0.4 is 0 Å². The van der Waals surface area contributed by atoms with Crippen molar-refractivity contribution in [2.45, 2.75) is 24.4 Å². The number of nitrogens with zero attached hydrogens (tertiary/aromatic N) is 2. The molecule has 3 atom stereocenters. The zero-order chi connectivity index (χ0) is 16.2. The summed E-state index contributed by atoms with van der Waals surface area (Å²) in [6, 6.07) is 8.97. The highest BCUT2D eigenvalue weighted by molar-refractivity contribution is 5.32. The lowest BCUT2D eigenvalue weighted by atomic mass is 9.77. The van der Waals surface area contributed by atoms with Gasteiger partial charge >= 0.3 is 0 Å². The second kappa shape index (κ2) is 7.06. The molecular weight excluding hydrogens is 292 g/mol. The molecule has 0 radical (unpaired) electrons. The summed E-state index contributed by atoms with van der Waals surface area (Å²) in [5.74, 6) is -0.128. The fourth-order valence-electron chi connectivity index (χ4n) is 3.63. The summed E-state index contributed by atoms with van der Waals surface area (Å²) in [4.78, 5) is 14.0. The second-order valence-corrected chi connectivity index (χ2v) is 6.08. The average molecular weight is 314 g/mol. The molecule has 3 rings (SSSR count). The fourth-order valence-corrected chi connectivity index (χ4v) is 3.63. The van der Waals surface area contributed by atoms with E-state index in [0.717, 1.165) is 24.2 Å². The number of hydrogen-bond acceptors (Lipinski definition) is 4. The number of rotatable bonds is 4. The van der Waals surface area contributed by atoms with Gasteiger partial charge in [-0.1, -0.05) is 49.1 Å². The van der Waals surface area contributed by atoms with E-state index in [0.29, 0.717) is 19.6 Å². The van der Waals surface area contributed by atoms with Crippen LogP contribution in [0.15, 0.2) is 54.6 Å². The van der Waals surface area contributed by atoms with Gasteiger partial charge in [0.2, 0.25) is 6.04 Å². The second-order valence-electron chi connectivity index (χ2n) is 6.08. The van der Waals surface area contributed by atoms with E-state index in [1.807, 2.05) is 42.5 Å². The van der Waals surface area contributed by atoms with Gasteiger partial charge in [-0.3, -0.25) is 15.0 Å². The molecule has 5 heteroatoms. The van der Waals surface area contributed by atoms with E-state index in [1.165, 1.54) is 0 Å². The molecule has 23 heavy (non-hydrogen) atoms. The lowest BCUT2D eigenvalue weighted by Crippen LogP contribution is -2.53. The molecule has 1 heterocycles. The van der Waals surface area contributed by atoms with Gasteiger partial charge in [0.15, 0.2) is 0 Å². The fraction of sp³-hybridized carbons (Fsp3) is 0.444. The summed E-state index contributed by atoms with van der Waals surface area (Å²) >= 11 is 0. The van der Waals surface area contributed by atoms with Gasteiger partial charge in [0.1, 0.15) is 0 Å². The summed E-state index contributed by atoms with van der Waals surface area (Å²) in [5, 5.41) is 11.9. The van der Waals surface area contributed by atoms with Gasteiger partial charge in [-0.2, -0.15) is 0 Å². The van der Waals surface area contributed by atoms with Crippen molar-refractivity contribution in [3.8, 4) is 0 Å². The van der Waals surface area contributed by atoms with Gasteiger partial charge in [0.05, 0.1) is 25.2 Å². The van der Waals surface area contributed by atoms with Crippen LogP contribution in [0.1, 0.15) is 17.9 Å². The first-order chi connectivity index (χ1) is 11.2. The zero-order valence-corrected chi connectivity index (χ0v) is 13.1. The topological polar surface area (TPSA) is 55.6 Å². The molecule has 1 saturated heterocycles. The highest BCUT2D eigenvalue weighted by atomic mass is 16.6. The first-order valence-corrected chi connectivity index (χ1v) is 8.04. The molecule has 1 fully saturated rings. The van der Waals surface area contributed by atoms with E-state index < -0.39 is 6.04 Å². The molecule has 122 valence electrons. The van der Waals surface area contributed by atoms with Crippen molar-refractivity contribution in [2.75, 3.05) is 26.3 Å². The van der Waals surface area contributed by atoms with Crippen LogP contribution in [0, 0.1) is 10.1 Å². The van der Waals surface area contributed by atoms with Crippen LogP contribution in [-0.4, -0.2) is 48.2 Å². The third-order valence-corrected chi connectivity index (χ3v) is 4.80. The molecule has 1 aromatic carbocycles. The number of morpholine rings is 1. The minimum Gasteiger partial charge on any atom is -0.379 e. The maximum atomic E-state index is 11.9. The summed E-state index contributed by atoms with van der Waals surface area (Å²) in [6.45, 7) is 6.61. The van der Waals surface area contributed by atoms with E-state index >= 15 is 0 Å². The Morgan fingerprint density at radius 3 is 2.57 bits per heavy atom. The Kier molecular flexibility index (Phi) is 4.88. The van der Waals surface area contributed by atoms with Crippen LogP contribution in [0.5, 0.6) is 0 Å². The van der Waals surface area contributed by atoms with Crippen molar-refractivity contribution in [3.05, 3.63) is 70.3 Å². The lowest BCUT2D eigenvalue weighted by Gasteiger charge is -2.39. The van der Waals surface area contributed by atoms with Gasteiger partial charge in [0.25, 0.3) is 0 Å². The Labute approximate surface area is 136 Å². The quantitative estimate of drug-likeness (QED) is 0.633. The third-order valence-electron chi connectivity index (χ3n) is 4.80. The predicted molar refractivity (Wildman–Crippen MR) is 89.0 cm³/mol. The first kappa shape index (κ1) is 15.9. The Bertz CT molecular complexity index is 594. The van der Waals surface area contributed by atoms with Gasteiger partial charge in [0, 0.05) is 18.0 Å². The van der Waals surface area contributed by atoms with E-state index in [2.05, 4.69) is 11.5 Å². The molecule has 0 unspecified atom stereocenters. The minimum absolute atomic E-state index is 0.103. The molecule has 1 aromatic rings. The molecule has 0 aromatic heterocycles. The Balaban J connectivity index is 1.98. The molecule has 0 N–H and O–H groups in total. The monoisotopic (exact) mass is 314 g/mol. The van der Waals surface area contributed by atoms with Gasteiger partial charge in [-0.15, -0.1) is 0 Å². The van der Waals surface area contributed by atoms with Crippen molar-refractivity contribution in [2.24, 2.45) is 0 Å². The highest BCUT2D eigenvalue weighted by Gasteiger charge is 2.45. The highest BCUT2D eigenvalue weighted by Crippen LogP contribution is 2.37. The van der Waals surface area contributed by atoms with E-state index in [1.54, 1.807) is 0 Å². The van der Waals surface area contributed by atoms with Crippen LogP contribution in [0.2, 0.25) is 0 Å². The predicted octanol–water partition coefficient (Wildman–Crippen LogP) is 2.63. The molecular formula is C18H22N2O3. The molecule has 0 amide bonds. The first-order valence-electron chi connectivity index (χ1n) is 8.04. The van der Waals surface area contributed by atoms with E-state index in [9.17, 15) is 10.1 Å². The van der Waals surface area contributed by atoms with Crippen molar-refractivity contribution in [1.29, 1.82) is 0 Å². The maximum absolute atomic E-state index is 11.9. The summed E-state index contributed by atoms with van der Waals surface area (Å²) < 4.78 is 5.40. The largest absolute Gasteiger partial charge is 0.379 e. The van der Waals surface area contributed by atoms with Crippen LogP contribution in [0.25, 0.3) is 0 Å². The van der Waals surface area contributed by atoms with Crippen molar-refractivity contribution >= 4 is 0 Å². The summed E-state index contributed by atoms with van der Waals surface area (Å²) in [7, 11) is 0. The van der Waals surface area contributed by atoms with Crippen LogP contribution in [0.4, 0.5) is 0 Å². The zero-order valence-electron chi connectivity index (χ0n) is 13.1.